The quantitative estimate of drug-likeness (QED) is 0.932. The van der Waals surface area contributed by atoms with Gasteiger partial charge in [0.1, 0.15) is 5.69 Å². The molecular formula is C15H16N4O3S. The second-order valence-electron chi connectivity index (χ2n) is 4.93. The van der Waals surface area contributed by atoms with Gasteiger partial charge in [-0.05, 0) is 19.1 Å². The van der Waals surface area contributed by atoms with E-state index >= 15 is 0 Å². The lowest BCUT2D eigenvalue weighted by atomic mass is 10.1. The second kappa shape index (κ2) is 6.74. The van der Waals surface area contributed by atoms with Gasteiger partial charge in [-0.1, -0.05) is 17.4 Å². The van der Waals surface area contributed by atoms with Crippen LogP contribution in [0.1, 0.15) is 28.0 Å². The molecule has 8 heteroatoms. The standard InChI is InChI=1S/C15H16N4O3S/c1-2-22-15(21)18-14-17-10-6-8-19(9-12(10)23-14)13(20)11-5-3-4-7-16-11/h3-5,7H,2,6,8-9H2,1H3,(H,17,18,21). The monoisotopic (exact) mass is 332 g/mol. The minimum absolute atomic E-state index is 0.0930. The zero-order valence-corrected chi connectivity index (χ0v) is 13.4. The van der Waals surface area contributed by atoms with E-state index < -0.39 is 6.09 Å². The van der Waals surface area contributed by atoms with Crippen molar-refractivity contribution in [3.63, 3.8) is 0 Å². The molecule has 1 N–H and O–H groups in total. The lowest BCUT2D eigenvalue weighted by Crippen LogP contribution is -2.35. The average Bonchev–Trinajstić information content (AvgIpc) is 2.96. The molecule has 1 aliphatic rings. The number of carbonyl (C=O) groups excluding carboxylic acids is 2. The molecule has 3 rings (SSSR count). The highest BCUT2D eigenvalue weighted by Gasteiger charge is 2.25. The van der Waals surface area contributed by atoms with Crippen molar-refractivity contribution in [3.05, 3.63) is 40.7 Å². The number of nitrogens with zero attached hydrogens (tertiary/aromatic N) is 3. The molecule has 0 saturated heterocycles. The van der Waals surface area contributed by atoms with Crippen LogP contribution in [-0.2, 0) is 17.7 Å². The normalized spacial score (nSPS) is 13.3. The zero-order chi connectivity index (χ0) is 16.2. The van der Waals surface area contributed by atoms with E-state index in [2.05, 4.69) is 15.3 Å². The Bertz CT molecular complexity index is 717. The fourth-order valence-corrected chi connectivity index (χ4v) is 3.34. The van der Waals surface area contributed by atoms with E-state index in [0.717, 1.165) is 10.6 Å². The molecule has 120 valence electrons. The number of rotatable bonds is 3. The first-order valence-electron chi connectivity index (χ1n) is 7.30. The molecule has 2 aromatic heterocycles. The molecule has 0 aliphatic carbocycles. The zero-order valence-electron chi connectivity index (χ0n) is 12.6. The topological polar surface area (TPSA) is 84.4 Å². The number of hydrogen-bond acceptors (Lipinski definition) is 6. The minimum Gasteiger partial charge on any atom is -0.450 e. The first-order chi connectivity index (χ1) is 11.2. The Morgan fingerprint density at radius 3 is 3.04 bits per heavy atom. The fourth-order valence-electron chi connectivity index (χ4n) is 2.33. The van der Waals surface area contributed by atoms with E-state index in [-0.39, 0.29) is 5.91 Å². The SMILES string of the molecule is CCOC(=O)Nc1nc2c(s1)CN(C(=O)c1ccccn1)CC2. The summed E-state index contributed by atoms with van der Waals surface area (Å²) in [5.41, 5.74) is 1.36. The van der Waals surface area contributed by atoms with E-state index in [1.54, 1.807) is 36.2 Å². The lowest BCUT2D eigenvalue weighted by Gasteiger charge is -2.25. The van der Waals surface area contributed by atoms with Crippen LogP contribution in [0.15, 0.2) is 24.4 Å². The van der Waals surface area contributed by atoms with Crippen LogP contribution in [0.25, 0.3) is 0 Å². The van der Waals surface area contributed by atoms with Gasteiger partial charge in [-0.2, -0.15) is 0 Å². The van der Waals surface area contributed by atoms with E-state index in [1.165, 1.54) is 11.3 Å². The van der Waals surface area contributed by atoms with Crippen molar-refractivity contribution in [1.82, 2.24) is 14.9 Å². The van der Waals surface area contributed by atoms with Crippen LogP contribution in [-0.4, -0.2) is 40.0 Å². The number of anilines is 1. The van der Waals surface area contributed by atoms with E-state index in [1.807, 2.05) is 0 Å². The number of carbonyl (C=O) groups is 2. The molecule has 3 heterocycles. The molecule has 0 unspecified atom stereocenters. The summed E-state index contributed by atoms with van der Waals surface area (Å²) in [5.74, 6) is -0.0930. The molecule has 2 aromatic rings. The average molecular weight is 332 g/mol. The molecule has 1 aliphatic heterocycles. The summed E-state index contributed by atoms with van der Waals surface area (Å²) in [6, 6.07) is 5.28. The predicted octanol–water partition coefficient (Wildman–Crippen LogP) is 2.31. The molecule has 0 bridgehead atoms. The molecule has 0 atom stereocenters. The highest BCUT2D eigenvalue weighted by atomic mass is 32.1. The summed E-state index contributed by atoms with van der Waals surface area (Å²) in [5, 5.41) is 3.11. The van der Waals surface area contributed by atoms with Crippen molar-refractivity contribution in [2.45, 2.75) is 19.9 Å². The number of aromatic nitrogens is 2. The number of fused-ring (bicyclic) bond motifs is 1. The molecular weight excluding hydrogens is 316 g/mol. The molecule has 7 nitrogen and oxygen atoms in total. The van der Waals surface area contributed by atoms with Crippen molar-refractivity contribution in [1.29, 1.82) is 0 Å². The van der Waals surface area contributed by atoms with Crippen LogP contribution < -0.4 is 5.32 Å². The van der Waals surface area contributed by atoms with Gasteiger partial charge in [0.15, 0.2) is 5.13 Å². The molecule has 0 fully saturated rings. The van der Waals surface area contributed by atoms with Gasteiger partial charge in [-0.3, -0.25) is 15.1 Å². The van der Waals surface area contributed by atoms with Crippen LogP contribution in [0.4, 0.5) is 9.93 Å². The van der Waals surface area contributed by atoms with Gasteiger partial charge in [0, 0.05) is 24.0 Å². The van der Waals surface area contributed by atoms with E-state index in [9.17, 15) is 9.59 Å². The van der Waals surface area contributed by atoms with Gasteiger partial charge < -0.3 is 9.64 Å². The van der Waals surface area contributed by atoms with Crippen LogP contribution in [0, 0.1) is 0 Å². The minimum atomic E-state index is -0.514. The Hall–Kier alpha value is -2.48. The third-order valence-corrected chi connectivity index (χ3v) is 4.38. The molecule has 2 amide bonds. The van der Waals surface area contributed by atoms with Gasteiger partial charge in [-0.25, -0.2) is 9.78 Å². The maximum Gasteiger partial charge on any atom is 0.413 e. The molecule has 0 saturated carbocycles. The lowest BCUT2D eigenvalue weighted by molar-refractivity contribution is 0.0730. The van der Waals surface area contributed by atoms with Gasteiger partial charge in [0.2, 0.25) is 0 Å². The number of thiazole rings is 1. The largest absolute Gasteiger partial charge is 0.450 e. The molecule has 0 radical (unpaired) electrons. The van der Waals surface area contributed by atoms with Gasteiger partial charge in [0.05, 0.1) is 18.8 Å². The van der Waals surface area contributed by atoms with Gasteiger partial charge in [-0.15, -0.1) is 0 Å². The van der Waals surface area contributed by atoms with Crippen LogP contribution >= 0.6 is 11.3 Å². The number of hydrogen-bond donors (Lipinski definition) is 1. The first kappa shape index (κ1) is 15.4. The van der Waals surface area contributed by atoms with Crippen molar-refractivity contribution in [3.8, 4) is 0 Å². The van der Waals surface area contributed by atoms with Crippen molar-refractivity contribution in [2.75, 3.05) is 18.5 Å². The summed E-state index contributed by atoms with van der Waals surface area (Å²) in [4.78, 5) is 35.1. The Kier molecular flexibility index (Phi) is 4.52. The Labute approximate surface area is 137 Å². The van der Waals surface area contributed by atoms with E-state index in [4.69, 9.17) is 4.74 Å². The van der Waals surface area contributed by atoms with E-state index in [0.29, 0.717) is 36.9 Å². The number of pyridine rings is 1. The van der Waals surface area contributed by atoms with Crippen LogP contribution in [0.3, 0.4) is 0 Å². The summed E-state index contributed by atoms with van der Waals surface area (Å²) in [6.07, 6.45) is 1.76. The smallest absolute Gasteiger partial charge is 0.413 e. The number of ether oxygens (including phenoxy) is 1. The third-order valence-electron chi connectivity index (χ3n) is 3.39. The third kappa shape index (κ3) is 3.48. The fraction of sp³-hybridized carbons (Fsp3) is 0.333. The van der Waals surface area contributed by atoms with Crippen molar-refractivity contribution < 1.29 is 14.3 Å². The highest BCUT2D eigenvalue weighted by molar-refractivity contribution is 7.15. The first-order valence-corrected chi connectivity index (χ1v) is 8.11. The van der Waals surface area contributed by atoms with Crippen molar-refractivity contribution in [2.24, 2.45) is 0 Å². The highest BCUT2D eigenvalue weighted by Crippen LogP contribution is 2.28. The Morgan fingerprint density at radius 2 is 2.30 bits per heavy atom. The summed E-state index contributed by atoms with van der Waals surface area (Å²) in [6.45, 7) is 3.12. The summed E-state index contributed by atoms with van der Waals surface area (Å²) < 4.78 is 4.84. The van der Waals surface area contributed by atoms with Crippen LogP contribution in [0.5, 0.6) is 0 Å². The van der Waals surface area contributed by atoms with Gasteiger partial charge in [0.25, 0.3) is 5.91 Å². The van der Waals surface area contributed by atoms with Crippen molar-refractivity contribution >= 4 is 28.5 Å². The Balaban J connectivity index is 1.70. The maximum atomic E-state index is 12.4. The van der Waals surface area contributed by atoms with Crippen LogP contribution in [0.2, 0.25) is 0 Å². The number of nitrogens with one attached hydrogen (secondary N) is 1. The predicted molar refractivity (Wildman–Crippen MR) is 85.4 cm³/mol. The number of amides is 2. The van der Waals surface area contributed by atoms with Gasteiger partial charge >= 0.3 is 6.09 Å². The summed E-state index contributed by atoms with van der Waals surface area (Å²) >= 11 is 1.37. The molecule has 23 heavy (non-hydrogen) atoms. The maximum absolute atomic E-state index is 12.4. The second-order valence-corrected chi connectivity index (χ2v) is 6.01. The molecule has 0 spiro atoms. The Morgan fingerprint density at radius 1 is 1.43 bits per heavy atom. The molecule has 0 aromatic carbocycles. The summed E-state index contributed by atoms with van der Waals surface area (Å²) in [7, 11) is 0.